The Morgan fingerprint density at radius 1 is 1.33 bits per heavy atom. The Kier molecular flexibility index (Phi) is 5.19. The summed E-state index contributed by atoms with van der Waals surface area (Å²) in [6, 6.07) is 9.76. The highest BCUT2D eigenvalue weighted by molar-refractivity contribution is 5.69. The van der Waals surface area contributed by atoms with E-state index in [1.54, 1.807) is 6.08 Å². The maximum atomic E-state index is 10.8. The number of rotatable bonds is 5. The lowest BCUT2D eigenvalue weighted by atomic mass is 10.2. The fourth-order valence-electron chi connectivity index (χ4n) is 1.05. The van der Waals surface area contributed by atoms with Crippen LogP contribution in [0.25, 0.3) is 6.08 Å². The molecule has 0 aliphatic rings. The molecule has 3 nitrogen and oxygen atoms in total. The molecule has 0 amide bonds. The van der Waals surface area contributed by atoms with Gasteiger partial charge in [-0.3, -0.25) is 4.79 Å². The standard InChI is InChI=1S/C12H14O3/c13-9-8-12(14)15-10-4-7-11-5-2-1-3-6-11/h1-7,13H,8-10H2/b7-4+. The van der Waals surface area contributed by atoms with E-state index in [1.807, 2.05) is 36.4 Å². The summed E-state index contributed by atoms with van der Waals surface area (Å²) in [5.41, 5.74) is 1.07. The van der Waals surface area contributed by atoms with Crippen molar-refractivity contribution >= 4 is 12.0 Å². The van der Waals surface area contributed by atoms with Gasteiger partial charge in [-0.15, -0.1) is 0 Å². The van der Waals surface area contributed by atoms with Gasteiger partial charge in [0.25, 0.3) is 0 Å². The van der Waals surface area contributed by atoms with Crippen LogP contribution in [0.4, 0.5) is 0 Å². The summed E-state index contributed by atoms with van der Waals surface area (Å²) < 4.78 is 4.82. The molecule has 3 heteroatoms. The van der Waals surface area contributed by atoms with E-state index < -0.39 is 0 Å². The number of esters is 1. The molecule has 1 N–H and O–H groups in total. The Bertz CT molecular complexity index is 317. The van der Waals surface area contributed by atoms with Crippen molar-refractivity contribution in [1.29, 1.82) is 0 Å². The molecule has 80 valence electrons. The minimum Gasteiger partial charge on any atom is -0.461 e. The molecule has 1 rings (SSSR count). The van der Waals surface area contributed by atoms with E-state index in [1.165, 1.54) is 0 Å². The monoisotopic (exact) mass is 206 g/mol. The van der Waals surface area contributed by atoms with Gasteiger partial charge >= 0.3 is 5.97 Å². The third-order valence-electron chi connectivity index (χ3n) is 1.77. The average Bonchev–Trinajstić information content (AvgIpc) is 2.26. The predicted molar refractivity (Wildman–Crippen MR) is 58.1 cm³/mol. The van der Waals surface area contributed by atoms with E-state index in [2.05, 4.69) is 0 Å². The van der Waals surface area contributed by atoms with Crippen LogP contribution < -0.4 is 0 Å². The second-order valence-electron chi connectivity index (χ2n) is 2.97. The van der Waals surface area contributed by atoms with Gasteiger partial charge in [-0.25, -0.2) is 0 Å². The quantitative estimate of drug-likeness (QED) is 0.745. The number of benzene rings is 1. The average molecular weight is 206 g/mol. The van der Waals surface area contributed by atoms with Crippen molar-refractivity contribution in [2.45, 2.75) is 6.42 Å². The Hall–Kier alpha value is -1.61. The van der Waals surface area contributed by atoms with Crippen molar-refractivity contribution in [3.63, 3.8) is 0 Å². The van der Waals surface area contributed by atoms with Crippen LogP contribution in [0.3, 0.4) is 0 Å². The number of carbonyl (C=O) groups is 1. The van der Waals surface area contributed by atoms with Gasteiger partial charge in [-0.1, -0.05) is 36.4 Å². The van der Waals surface area contributed by atoms with Crippen LogP contribution in [0.1, 0.15) is 12.0 Å². The van der Waals surface area contributed by atoms with Gasteiger partial charge in [0.1, 0.15) is 6.61 Å². The molecule has 0 fully saturated rings. The van der Waals surface area contributed by atoms with Crippen molar-refractivity contribution in [2.75, 3.05) is 13.2 Å². The minimum atomic E-state index is -0.379. The van der Waals surface area contributed by atoms with Gasteiger partial charge in [-0.2, -0.15) is 0 Å². The number of carbonyl (C=O) groups excluding carboxylic acids is 1. The molecule has 0 aromatic heterocycles. The number of hydrogen-bond donors (Lipinski definition) is 1. The van der Waals surface area contributed by atoms with Crippen LogP contribution in [-0.2, 0) is 9.53 Å². The first-order valence-electron chi connectivity index (χ1n) is 4.81. The lowest BCUT2D eigenvalue weighted by Gasteiger charge is -1.98. The maximum Gasteiger partial charge on any atom is 0.308 e. The topological polar surface area (TPSA) is 46.5 Å². The molecule has 0 spiro atoms. The fraction of sp³-hybridized carbons (Fsp3) is 0.250. The molecule has 0 unspecified atom stereocenters. The van der Waals surface area contributed by atoms with E-state index in [4.69, 9.17) is 9.84 Å². The lowest BCUT2D eigenvalue weighted by Crippen LogP contribution is -2.05. The van der Waals surface area contributed by atoms with Crippen molar-refractivity contribution in [3.05, 3.63) is 42.0 Å². The third-order valence-corrected chi connectivity index (χ3v) is 1.77. The van der Waals surface area contributed by atoms with E-state index >= 15 is 0 Å². The van der Waals surface area contributed by atoms with E-state index in [0.717, 1.165) is 5.56 Å². The second-order valence-corrected chi connectivity index (χ2v) is 2.97. The zero-order valence-corrected chi connectivity index (χ0v) is 8.43. The van der Waals surface area contributed by atoms with E-state index in [9.17, 15) is 4.79 Å². The molecule has 1 aromatic rings. The molecule has 0 atom stereocenters. The summed E-state index contributed by atoms with van der Waals surface area (Å²) >= 11 is 0. The summed E-state index contributed by atoms with van der Waals surface area (Å²) in [7, 11) is 0. The van der Waals surface area contributed by atoms with Gasteiger partial charge in [-0.05, 0) is 11.6 Å². The molecule has 0 saturated carbocycles. The Morgan fingerprint density at radius 2 is 2.07 bits per heavy atom. The van der Waals surface area contributed by atoms with Crippen LogP contribution in [0.15, 0.2) is 36.4 Å². The third kappa shape index (κ3) is 4.98. The molecular weight excluding hydrogens is 192 g/mol. The van der Waals surface area contributed by atoms with Gasteiger partial charge in [0.2, 0.25) is 0 Å². The Balaban J connectivity index is 2.26. The van der Waals surface area contributed by atoms with Crippen LogP contribution >= 0.6 is 0 Å². The van der Waals surface area contributed by atoms with Gasteiger partial charge in [0, 0.05) is 0 Å². The molecule has 0 aliphatic heterocycles. The molecular formula is C12H14O3. The summed E-state index contributed by atoms with van der Waals surface area (Å²) in [4.78, 5) is 10.8. The molecule has 0 heterocycles. The zero-order valence-electron chi connectivity index (χ0n) is 8.43. The van der Waals surface area contributed by atoms with E-state index in [-0.39, 0.29) is 25.6 Å². The van der Waals surface area contributed by atoms with Crippen LogP contribution in [0.2, 0.25) is 0 Å². The lowest BCUT2D eigenvalue weighted by molar-refractivity contribution is -0.143. The van der Waals surface area contributed by atoms with Crippen LogP contribution in [0, 0.1) is 0 Å². The minimum absolute atomic E-state index is 0.0547. The van der Waals surface area contributed by atoms with Crippen molar-refractivity contribution in [1.82, 2.24) is 0 Å². The first-order valence-corrected chi connectivity index (χ1v) is 4.81. The fourth-order valence-corrected chi connectivity index (χ4v) is 1.05. The van der Waals surface area contributed by atoms with Crippen LogP contribution in [-0.4, -0.2) is 24.3 Å². The van der Waals surface area contributed by atoms with E-state index in [0.29, 0.717) is 0 Å². The largest absolute Gasteiger partial charge is 0.461 e. The highest BCUT2D eigenvalue weighted by Gasteiger charge is 1.97. The zero-order chi connectivity index (χ0) is 10.9. The molecule has 0 bridgehead atoms. The van der Waals surface area contributed by atoms with Gasteiger partial charge in [0.15, 0.2) is 0 Å². The molecule has 1 aromatic carbocycles. The highest BCUT2D eigenvalue weighted by atomic mass is 16.5. The number of ether oxygens (including phenoxy) is 1. The first kappa shape index (κ1) is 11.5. The smallest absolute Gasteiger partial charge is 0.308 e. The molecule has 0 radical (unpaired) electrons. The summed E-state index contributed by atoms with van der Waals surface area (Å²) in [5, 5.41) is 8.45. The molecule has 0 aliphatic carbocycles. The highest BCUT2D eigenvalue weighted by Crippen LogP contribution is 2.00. The van der Waals surface area contributed by atoms with Crippen molar-refractivity contribution < 1.29 is 14.6 Å². The van der Waals surface area contributed by atoms with Crippen molar-refractivity contribution in [3.8, 4) is 0 Å². The Morgan fingerprint density at radius 3 is 2.73 bits per heavy atom. The molecule has 0 saturated heterocycles. The predicted octanol–water partition coefficient (Wildman–Crippen LogP) is 1.63. The van der Waals surface area contributed by atoms with Crippen LogP contribution in [0.5, 0.6) is 0 Å². The Labute approximate surface area is 89.0 Å². The molecule has 15 heavy (non-hydrogen) atoms. The summed E-state index contributed by atoms with van der Waals surface area (Å²) in [6.07, 6.45) is 3.70. The van der Waals surface area contributed by atoms with Gasteiger partial charge < -0.3 is 9.84 Å². The SMILES string of the molecule is O=C(CCO)OC/C=C/c1ccccc1. The van der Waals surface area contributed by atoms with Gasteiger partial charge in [0.05, 0.1) is 13.0 Å². The first-order chi connectivity index (χ1) is 7.33. The number of hydrogen-bond acceptors (Lipinski definition) is 3. The second kappa shape index (κ2) is 6.79. The summed E-state index contributed by atoms with van der Waals surface area (Å²) in [5.74, 6) is -0.379. The summed E-state index contributed by atoms with van der Waals surface area (Å²) in [6.45, 7) is 0.0783. The number of aliphatic hydroxyl groups is 1. The number of aliphatic hydroxyl groups excluding tert-OH is 1. The van der Waals surface area contributed by atoms with Crippen molar-refractivity contribution in [2.24, 2.45) is 0 Å². The normalized spacial score (nSPS) is 10.5. The maximum absolute atomic E-state index is 10.8.